The Kier molecular flexibility index (Phi) is 5.80. The summed E-state index contributed by atoms with van der Waals surface area (Å²) in [5.41, 5.74) is 18.1. The second kappa shape index (κ2) is 9.86. The SMILES string of the molecule is Cc1cccc(N2c3cc4ccccc4cc3N3c4cc(C)ccc4B(c4c(C)cc(C)cc4C)c4c3c2cc2ccccc42)c1. The number of rotatable bonds is 2. The van der Waals surface area contributed by atoms with Crippen molar-refractivity contribution in [3.63, 3.8) is 0 Å². The highest BCUT2D eigenvalue weighted by molar-refractivity contribution is 7.00. The molecule has 0 saturated carbocycles. The third-order valence-electron chi connectivity index (χ3n) is 10.1. The fraction of sp³-hybridized carbons (Fsp3) is 0.116. The van der Waals surface area contributed by atoms with E-state index < -0.39 is 0 Å². The van der Waals surface area contributed by atoms with E-state index in [1.165, 1.54) is 99.9 Å². The van der Waals surface area contributed by atoms with Crippen molar-refractivity contribution in [1.29, 1.82) is 0 Å². The number of benzene rings is 7. The van der Waals surface area contributed by atoms with Crippen LogP contribution in [0.15, 0.2) is 121 Å². The molecular weight excluding hydrogens is 555 g/mol. The number of nitrogens with zero attached hydrogens (tertiary/aromatic N) is 2. The zero-order valence-electron chi connectivity index (χ0n) is 27.0. The van der Waals surface area contributed by atoms with Crippen LogP contribution in [-0.4, -0.2) is 6.71 Å². The predicted octanol–water partition coefficient (Wildman–Crippen LogP) is 9.62. The molecule has 0 aromatic heterocycles. The summed E-state index contributed by atoms with van der Waals surface area (Å²) >= 11 is 0. The Morgan fingerprint density at radius 3 is 1.78 bits per heavy atom. The van der Waals surface area contributed by atoms with Crippen LogP contribution >= 0.6 is 0 Å². The molecule has 0 unspecified atom stereocenters. The van der Waals surface area contributed by atoms with Gasteiger partial charge >= 0.3 is 0 Å². The number of hydrogen-bond acceptors (Lipinski definition) is 2. The summed E-state index contributed by atoms with van der Waals surface area (Å²) in [5.74, 6) is 0. The van der Waals surface area contributed by atoms with E-state index in [1.807, 2.05) is 0 Å². The molecule has 2 nitrogen and oxygen atoms in total. The van der Waals surface area contributed by atoms with Gasteiger partial charge in [-0.3, -0.25) is 0 Å². The van der Waals surface area contributed by atoms with Gasteiger partial charge in [-0.1, -0.05) is 107 Å². The van der Waals surface area contributed by atoms with E-state index in [-0.39, 0.29) is 6.71 Å². The Bertz CT molecular complexity index is 2380. The van der Waals surface area contributed by atoms with Crippen LogP contribution < -0.4 is 26.2 Å². The smallest absolute Gasteiger partial charge is 0.248 e. The summed E-state index contributed by atoms with van der Waals surface area (Å²) in [6.07, 6.45) is 0. The van der Waals surface area contributed by atoms with Crippen LogP contribution in [-0.2, 0) is 0 Å². The van der Waals surface area contributed by atoms with Crippen LogP contribution in [0, 0.1) is 34.6 Å². The molecule has 2 aliphatic heterocycles. The third-order valence-corrected chi connectivity index (χ3v) is 10.1. The summed E-state index contributed by atoms with van der Waals surface area (Å²) < 4.78 is 0. The normalized spacial score (nSPS) is 13.2. The molecule has 0 saturated heterocycles. The monoisotopic (exact) mass is 590 g/mol. The minimum atomic E-state index is 0.0914. The lowest BCUT2D eigenvalue weighted by molar-refractivity contribution is 1.18. The molecule has 0 N–H and O–H groups in total. The molecule has 0 amide bonds. The summed E-state index contributed by atoms with van der Waals surface area (Å²) in [7, 11) is 0. The van der Waals surface area contributed by atoms with Crippen molar-refractivity contribution in [2.45, 2.75) is 34.6 Å². The van der Waals surface area contributed by atoms with Gasteiger partial charge in [0.05, 0.1) is 22.7 Å². The van der Waals surface area contributed by atoms with Crippen LogP contribution in [0.25, 0.3) is 21.5 Å². The van der Waals surface area contributed by atoms with Gasteiger partial charge in [0.15, 0.2) is 0 Å². The average Bonchev–Trinajstić information content (AvgIpc) is 3.04. The van der Waals surface area contributed by atoms with Gasteiger partial charge in [0, 0.05) is 11.4 Å². The quantitative estimate of drug-likeness (QED) is 0.185. The zero-order valence-corrected chi connectivity index (χ0v) is 27.0. The highest BCUT2D eigenvalue weighted by Crippen LogP contribution is 2.56. The third kappa shape index (κ3) is 3.84. The molecule has 2 aliphatic rings. The molecule has 0 aliphatic carbocycles. The van der Waals surface area contributed by atoms with E-state index in [1.54, 1.807) is 0 Å². The largest absolute Gasteiger partial charge is 0.307 e. The molecule has 46 heavy (non-hydrogen) atoms. The van der Waals surface area contributed by atoms with Crippen LogP contribution in [0.1, 0.15) is 27.8 Å². The van der Waals surface area contributed by atoms with E-state index in [0.29, 0.717) is 0 Å². The summed E-state index contributed by atoms with van der Waals surface area (Å²) in [6, 6.07) is 45.8. The molecule has 0 radical (unpaired) electrons. The van der Waals surface area contributed by atoms with Gasteiger partial charge in [-0.2, -0.15) is 0 Å². The van der Waals surface area contributed by atoms with Crippen LogP contribution in [0.5, 0.6) is 0 Å². The second-order valence-electron chi connectivity index (χ2n) is 13.4. The first-order chi connectivity index (χ1) is 22.4. The van der Waals surface area contributed by atoms with Crippen LogP contribution in [0.2, 0.25) is 0 Å². The molecule has 0 atom stereocenters. The van der Waals surface area contributed by atoms with E-state index >= 15 is 0 Å². The maximum absolute atomic E-state index is 2.59. The molecule has 220 valence electrons. The van der Waals surface area contributed by atoms with Gasteiger partial charge in [-0.15, -0.1) is 0 Å². The van der Waals surface area contributed by atoms with Crippen molar-refractivity contribution in [2.75, 3.05) is 9.80 Å². The van der Waals surface area contributed by atoms with Gasteiger partial charge in [0.1, 0.15) is 0 Å². The van der Waals surface area contributed by atoms with Crippen LogP contribution in [0.4, 0.5) is 34.1 Å². The Labute approximate surface area is 271 Å². The maximum Gasteiger partial charge on any atom is 0.248 e. The van der Waals surface area contributed by atoms with Crippen molar-refractivity contribution in [1.82, 2.24) is 0 Å². The highest BCUT2D eigenvalue weighted by Gasteiger charge is 2.43. The fourth-order valence-corrected chi connectivity index (χ4v) is 8.36. The second-order valence-corrected chi connectivity index (χ2v) is 13.4. The molecule has 7 aromatic carbocycles. The lowest BCUT2D eigenvalue weighted by Crippen LogP contribution is -2.59. The molecule has 2 heterocycles. The molecular formula is C43H35BN2. The van der Waals surface area contributed by atoms with Gasteiger partial charge in [-0.25, -0.2) is 0 Å². The van der Waals surface area contributed by atoms with E-state index in [0.717, 1.165) is 0 Å². The predicted molar refractivity (Wildman–Crippen MR) is 199 cm³/mol. The van der Waals surface area contributed by atoms with Crippen molar-refractivity contribution in [3.05, 3.63) is 149 Å². The van der Waals surface area contributed by atoms with E-state index in [4.69, 9.17) is 0 Å². The number of anilines is 6. The molecule has 0 fully saturated rings. The van der Waals surface area contributed by atoms with Gasteiger partial charge in [0.2, 0.25) is 6.71 Å². The first-order valence-corrected chi connectivity index (χ1v) is 16.3. The lowest BCUT2D eigenvalue weighted by atomic mass is 9.33. The molecule has 0 bridgehead atoms. The molecule has 9 rings (SSSR count). The summed E-state index contributed by atoms with van der Waals surface area (Å²) in [5, 5.41) is 5.07. The zero-order chi connectivity index (χ0) is 31.3. The standard InChI is InChI=1S/C43H35BN2/c1-26-11-10-15-34(21-26)45-38-23-31-12-6-7-13-32(31)24-39(38)46-37-22-27(2)17-18-36(37)44(41-29(4)19-28(3)20-30(41)5)42-35-16-9-8-14-33(35)25-40(45)43(42)46/h6-25H,1-5H3. The van der Waals surface area contributed by atoms with Gasteiger partial charge < -0.3 is 9.80 Å². The Morgan fingerprint density at radius 2 is 1.07 bits per heavy atom. The molecule has 3 heteroatoms. The number of fused-ring (bicyclic) bond motifs is 7. The van der Waals surface area contributed by atoms with Crippen molar-refractivity contribution < 1.29 is 0 Å². The minimum Gasteiger partial charge on any atom is -0.307 e. The summed E-state index contributed by atoms with van der Waals surface area (Å²) in [4.78, 5) is 5.10. The highest BCUT2D eigenvalue weighted by atomic mass is 15.3. The average molecular weight is 591 g/mol. The van der Waals surface area contributed by atoms with Crippen LogP contribution in [0.3, 0.4) is 0 Å². The maximum atomic E-state index is 2.59. The first-order valence-electron chi connectivity index (χ1n) is 16.3. The Morgan fingerprint density at radius 1 is 0.435 bits per heavy atom. The lowest BCUT2D eigenvalue weighted by Gasteiger charge is -2.46. The fourth-order valence-electron chi connectivity index (χ4n) is 8.36. The molecule has 7 aromatic rings. The number of hydrogen-bond donors (Lipinski definition) is 0. The number of aryl methyl sites for hydroxylation is 5. The van der Waals surface area contributed by atoms with Gasteiger partial charge in [0.25, 0.3) is 0 Å². The van der Waals surface area contributed by atoms with Gasteiger partial charge in [-0.05, 0) is 115 Å². The van der Waals surface area contributed by atoms with E-state index in [9.17, 15) is 0 Å². The molecule has 0 spiro atoms. The van der Waals surface area contributed by atoms with Crippen molar-refractivity contribution in [2.24, 2.45) is 0 Å². The summed E-state index contributed by atoms with van der Waals surface area (Å²) in [6.45, 7) is 11.3. The van der Waals surface area contributed by atoms with Crippen molar-refractivity contribution in [3.8, 4) is 0 Å². The Hall–Kier alpha value is -5.28. The van der Waals surface area contributed by atoms with E-state index in [2.05, 4.69) is 166 Å². The van der Waals surface area contributed by atoms with Crippen molar-refractivity contribution >= 4 is 78.8 Å². The first kappa shape index (κ1) is 27.1. The Balaban J connectivity index is 1.49. The minimum absolute atomic E-state index is 0.0914. The topological polar surface area (TPSA) is 6.48 Å².